The Kier molecular flexibility index (Phi) is 7.32. The number of carbonyl (C=O) groups is 3. The molecule has 6 nitrogen and oxygen atoms in total. The van der Waals surface area contributed by atoms with Gasteiger partial charge in [0.05, 0.1) is 0 Å². The predicted octanol–water partition coefficient (Wildman–Crippen LogP) is 2.62. The maximum atomic E-state index is 12.4. The summed E-state index contributed by atoms with van der Waals surface area (Å²) in [5.41, 5.74) is 3.54. The summed E-state index contributed by atoms with van der Waals surface area (Å²) in [5, 5.41) is 2.52. The number of likely N-dealkylation sites (N-methyl/N-ethyl adjacent to an activating group) is 1. The first-order valence-corrected chi connectivity index (χ1v) is 9.11. The lowest BCUT2D eigenvalue weighted by atomic mass is 10.1. The Balaban J connectivity index is 1.81. The molecular weight excluding hydrogens is 356 g/mol. The Bertz CT molecular complexity index is 849. The molecule has 0 aliphatic rings. The summed E-state index contributed by atoms with van der Waals surface area (Å²) in [6.07, 6.45) is -0.931. The van der Waals surface area contributed by atoms with Crippen molar-refractivity contribution in [2.75, 3.05) is 13.6 Å². The highest BCUT2D eigenvalue weighted by Crippen LogP contribution is 2.10. The van der Waals surface area contributed by atoms with Crippen LogP contribution in [-0.2, 0) is 20.9 Å². The van der Waals surface area contributed by atoms with Crippen LogP contribution in [0.25, 0.3) is 0 Å². The predicted molar refractivity (Wildman–Crippen MR) is 107 cm³/mol. The molecule has 6 heteroatoms. The van der Waals surface area contributed by atoms with Crippen LogP contribution in [0.5, 0.6) is 0 Å². The van der Waals surface area contributed by atoms with Crippen LogP contribution in [0.3, 0.4) is 0 Å². The van der Waals surface area contributed by atoms with Crippen molar-refractivity contribution in [2.24, 2.45) is 0 Å². The number of hydrogen-bond donors (Lipinski definition) is 1. The van der Waals surface area contributed by atoms with Gasteiger partial charge in [-0.25, -0.2) is 0 Å². The first-order chi connectivity index (χ1) is 13.3. The van der Waals surface area contributed by atoms with Gasteiger partial charge in [-0.3, -0.25) is 14.4 Å². The fraction of sp³-hybridized carbons (Fsp3) is 0.318. The zero-order valence-electron chi connectivity index (χ0n) is 16.7. The van der Waals surface area contributed by atoms with E-state index in [0.29, 0.717) is 12.1 Å². The molecule has 1 atom stereocenters. The van der Waals surface area contributed by atoms with Crippen molar-refractivity contribution in [3.63, 3.8) is 0 Å². The lowest BCUT2D eigenvalue weighted by Crippen LogP contribution is -2.39. The molecule has 0 bridgehead atoms. The minimum absolute atomic E-state index is 0.300. The third kappa shape index (κ3) is 5.94. The lowest BCUT2D eigenvalue weighted by Gasteiger charge is -2.21. The average molecular weight is 382 g/mol. The molecule has 1 N–H and O–H groups in total. The van der Waals surface area contributed by atoms with Gasteiger partial charge in [0.25, 0.3) is 11.8 Å². The zero-order valence-corrected chi connectivity index (χ0v) is 16.7. The monoisotopic (exact) mass is 382 g/mol. The number of benzene rings is 2. The second-order valence-electron chi connectivity index (χ2n) is 6.79. The minimum atomic E-state index is -0.931. The van der Waals surface area contributed by atoms with Crippen LogP contribution >= 0.6 is 0 Å². The molecule has 2 rings (SSSR count). The largest absolute Gasteiger partial charge is 0.451 e. The van der Waals surface area contributed by atoms with Crippen molar-refractivity contribution in [3.05, 3.63) is 70.8 Å². The van der Waals surface area contributed by atoms with Crippen LogP contribution < -0.4 is 5.32 Å². The van der Waals surface area contributed by atoms with E-state index in [1.165, 1.54) is 11.8 Å². The molecule has 2 amide bonds. The number of carbonyl (C=O) groups excluding carboxylic acids is 3. The van der Waals surface area contributed by atoms with Crippen molar-refractivity contribution in [1.29, 1.82) is 0 Å². The van der Waals surface area contributed by atoms with Crippen LogP contribution in [-0.4, -0.2) is 42.4 Å². The third-order valence-electron chi connectivity index (χ3n) is 4.46. The maximum Gasteiger partial charge on any atom is 0.326 e. The Labute approximate surface area is 165 Å². The number of amides is 2. The summed E-state index contributed by atoms with van der Waals surface area (Å²) < 4.78 is 5.16. The van der Waals surface area contributed by atoms with Crippen molar-refractivity contribution >= 4 is 17.8 Å². The number of hydrogen-bond acceptors (Lipinski definition) is 4. The highest BCUT2D eigenvalue weighted by molar-refractivity contribution is 5.96. The normalized spacial score (nSPS) is 11.4. The van der Waals surface area contributed by atoms with E-state index in [4.69, 9.17) is 4.74 Å². The number of ether oxygens (including phenoxy) is 1. The number of aryl methyl sites for hydroxylation is 2. The van der Waals surface area contributed by atoms with Gasteiger partial charge >= 0.3 is 5.97 Å². The standard InChI is InChI=1S/C22H26N2O4/c1-15-10-11-19(12-16(15)2)21(26)23-13-20(25)28-17(3)22(27)24(4)14-18-8-6-5-7-9-18/h5-12,17H,13-14H2,1-4H3,(H,23,26)/t17-/m1/s1. The molecule has 148 valence electrons. The third-order valence-corrected chi connectivity index (χ3v) is 4.46. The van der Waals surface area contributed by atoms with Gasteiger partial charge in [-0.15, -0.1) is 0 Å². The lowest BCUT2D eigenvalue weighted by molar-refractivity contribution is -0.157. The highest BCUT2D eigenvalue weighted by Gasteiger charge is 2.22. The molecule has 0 aromatic heterocycles. The van der Waals surface area contributed by atoms with Crippen molar-refractivity contribution in [3.8, 4) is 0 Å². The number of nitrogens with one attached hydrogen (secondary N) is 1. The Morgan fingerprint density at radius 3 is 2.36 bits per heavy atom. The van der Waals surface area contributed by atoms with E-state index < -0.39 is 12.1 Å². The van der Waals surface area contributed by atoms with E-state index in [2.05, 4.69) is 5.32 Å². The van der Waals surface area contributed by atoms with E-state index >= 15 is 0 Å². The Hall–Kier alpha value is -3.15. The molecule has 0 radical (unpaired) electrons. The highest BCUT2D eigenvalue weighted by atomic mass is 16.5. The summed E-state index contributed by atoms with van der Waals surface area (Å²) in [6.45, 7) is 5.52. The van der Waals surface area contributed by atoms with Gasteiger partial charge < -0.3 is 15.0 Å². The fourth-order valence-corrected chi connectivity index (χ4v) is 2.67. The molecule has 0 spiro atoms. The van der Waals surface area contributed by atoms with Crippen LogP contribution in [0.4, 0.5) is 0 Å². The van der Waals surface area contributed by atoms with E-state index in [9.17, 15) is 14.4 Å². The van der Waals surface area contributed by atoms with Gasteiger partial charge in [-0.05, 0) is 49.6 Å². The summed E-state index contributed by atoms with van der Waals surface area (Å²) in [4.78, 5) is 38.0. The van der Waals surface area contributed by atoms with Gasteiger partial charge in [0.1, 0.15) is 6.54 Å². The van der Waals surface area contributed by atoms with E-state index in [-0.39, 0.29) is 18.4 Å². The summed E-state index contributed by atoms with van der Waals surface area (Å²) in [5.74, 6) is -1.33. The summed E-state index contributed by atoms with van der Waals surface area (Å²) >= 11 is 0. The van der Waals surface area contributed by atoms with Crippen LogP contribution in [0.1, 0.15) is 34.0 Å². The maximum absolute atomic E-state index is 12.4. The van der Waals surface area contributed by atoms with E-state index in [1.54, 1.807) is 19.2 Å². The van der Waals surface area contributed by atoms with Crippen LogP contribution in [0, 0.1) is 13.8 Å². The van der Waals surface area contributed by atoms with Gasteiger partial charge in [0, 0.05) is 19.2 Å². The molecule has 0 aliphatic heterocycles. The first kappa shape index (κ1) is 21.2. The van der Waals surface area contributed by atoms with Gasteiger partial charge in [-0.2, -0.15) is 0 Å². The van der Waals surface area contributed by atoms with Crippen molar-refractivity contribution < 1.29 is 19.1 Å². The zero-order chi connectivity index (χ0) is 20.7. The van der Waals surface area contributed by atoms with E-state index in [1.807, 2.05) is 50.2 Å². The summed E-state index contributed by atoms with van der Waals surface area (Å²) in [6, 6.07) is 14.9. The molecule has 28 heavy (non-hydrogen) atoms. The minimum Gasteiger partial charge on any atom is -0.451 e. The molecule has 0 aliphatic carbocycles. The molecule has 0 fully saturated rings. The van der Waals surface area contributed by atoms with Gasteiger partial charge in [0.2, 0.25) is 0 Å². The van der Waals surface area contributed by atoms with Crippen molar-refractivity contribution in [2.45, 2.75) is 33.4 Å². The molecular formula is C22H26N2O4. The number of rotatable bonds is 7. The molecule has 2 aromatic rings. The van der Waals surface area contributed by atoms with Crippen molar-refractivity contribution in [1.82, 2.24) is 10.2 Å². The SMILES string of the molecule is Cc1ccc(C(=O)NCC(=O)O[C@H](C)C(=O)N(C)Cc2ccccc2)cc1C. The number of nitrogens with zero attached hydrogens (tertiary/aromatic N) is 1. The quantitative estimate of drug-likeness (QED) is 0.747. The average Bonchev–Trinajstić information content (AvgIpc) is 2.68. The molecule has 0 saturated heterocycles. The molecule has 2 aromatic carbocycles. The molecule has 0 saturated carbocycles. The second-order valence-corrected chi connectivity index (χ2v) is 6.79. The fourth-order valence-electron chi connectivity index (χ4n) is 2.67. The number of esters is 1. The van der Waals surface area contributed by atoms with Crippen LogP contribution in [0.2, 0.25) is 0 Å². The molecule has 0 unspecified atom stereocenters. The van der Waals surface area contributed by atoms with Gasteiger partial charge in [0.15, 0.2) is 6.10 Å². The Morgan fingerprint density at radius 1 is 1.04 bits per heavy atom. The Morgan fingerprint density at radius 2 is 1.71 bits per heavy atom. The smallest absolute Gasteiger partial charge is 0.326 e. The van der Waals surface area contributed by atoms with E-state index in [0.717, 1.165) is 16.7 Å². The molecule has 0 heterocycles. The second kappa shape index (κ2) is 9.69. The van der Waals surface area contributed by atoms with Gasteiger partial charge in [-0.1, -0.05) is 36.4 Å². The topological polar surface area (TPSA) is 75.7 Å². The van der Waals surface area contributed by atoms with Crippen LogP contribution in [0.15, 0.2) is 48.5 Å². The first-order valence-electron chi connectivity index (χ1n) is 9.11. The summed E-state index contributed by atoms with van der Waals surface area (Å²) in [7, 11) is 1.65.